The fourth-order valence-corrected chi connectivity index (χ4v) is 4.35. The molecule has 1 saturated carbocycles. The average Bonchev–Trinajstić information content (AvgIpc) is 3.14. The molecule has 0 spiro atoms. The number of nitrogens with zero attached hydrogens (tertiary/aromatic N) is 2. The van der Waals surface area contributed by atoms with E-state index in [4.69, 9.17) is 0 Å². The van der Waals surface area contributed by atoms with E-state index in [-0.39, 0.29) is 10.8 Å². The zero-order valence-electron chi connectivity index (χ0n) is 14.8. The maximum Gasteiger partial charge on any atom is 0.261 e. The number of benzene rings is 1. The Hall–Kier alpha value is -2.41. The maximum absolute atomic E-state index is 12.5. The Kier molecular flexibility index (Phi) is 5.56. The quantitative estimate of drug-likeness (QED) is 0.844. The van der Waals surface area contributed by atoms with Crippen molar-refractivity contribution < 1.29 is 13.2 Å². The third kappa shape index (κ3) is 4.40. The molecule has 1 heterocycles. The third-order valence-electron chi connectivity index (χ3n) is 4.70. The summed E-state index contributed by atoms with van der Waals surface area (Å²) < 4.78 is 27.3. The molecule has 1 fully saturated rings. The van der Waals surface area contributed by atoms with E-state index < -0.39 is 10.0 Å². The Bertz CT molecular complexity index is 845. The topological polar surface area (TPSA) is 79.4 Å². The van der Waals surface area contributed by atoms with Gasteiger partial charge in [0.25, 0.3) is 15.9 Å². The molecular weight excluding hydrogens is 350 g/mol. The van der Waals surface area contributed by atoms with E-state index in [2.05, 4.69) is 9.71 Å². The van der Waals surface area contributed by atoms with Crippen LogP contribution >= 0.6 is 0 Å². The van der Waals surface area contributed by atoms with Crippen LogP contribution in [0.2, 0.25) is 0 Å². The number of rotatable bonds is 6. The highest BCUT2D eigenvalue weighted by atomic mass is 32.2. The standard InChI is InChI=1S/C19H23N3O3S/c1-22(14-15-4-2-3-5-15)19(23)16-6-8-18(9-7-16)26(24,25)21-17-10-12-20-13-11-17/h6-13,15H,2-5,14H2,1H3,(H,20,21). The van der Waals surface area contributed by atoms with Gasteiger partial charge in [-0.1, -0.05) is 12.8 Å². The number of amides is 1. The Morgan fingerprint density at radius 1 is 1.12 bits per heavy atom. The van der Waals surface area contributed by atoms with Gasteiger partial charge in [0, 0.05) is 31.5 Å². The number of nitrogens with one attached hydrogen (secondary N) is 1. The molecular formula is C19H23N3O3S. The van der Waals surface area contributed by atoms with E-state index in [9.17, 15) is 13.2 Å². The van der Waals surface area contributed by atoms with Crippen LogP contribution in [-0.4, -0.2) is 37.8 Å². The summed E-state index contributed by atoms with van der Waals surface area (Å²) in [5, 5.41) is 0. The smallest absolute Gasteiger partial charge is 0.261 e. The molecule has 0 radical (unpaired) electrons. The summed E-state index contributed by atoms with van der Waals surface area (Å²) in [5.41, 5.74) is 0.935. The molecule has 0 bridgehead atoms. The van der Waals surface area contributed by atoms with Crippen molar-refractivity contribution in [2.75, 3.05) is 18.3 Å². The molecule has 6 nitrogen and oxygen atoms in total. The lowest BCUT2D eigenvalue weighted by Crippen LogP contribution is -2.31. The molecule has 7 heteroatoms. The molecule has 1 N–H and O–H groups in total. The van der Waals surface area contributed by atoms with Crippen LogP contribution in [0.3, 0.4) is 0 Å². The lowest BCUT2D eigenvalue weighted by Gasteiger charge is -2.21. The maximum atomic E-state index is 12.5. The molecule has 1 aromatic heterocycles. The van der Waals surface area contributed by atoms with E-state index in [0.29, 0.717) is 17.2 Å². The van der Waals surface area contributed by atoms with Crippen molar-refractivity contribution in [2.45, 2.75) is 30.6 Å². The van der Waals surface area contributed by atoms with Crippen LogP contribution < -0.4 is 4.72 Å². The van der Waals surface area contributed by atoms with E-state index >= 15 is 0 Å². The third-order valence-corrected chi connectivity index (χ3v) is 6.09. The summed E-state index contributed by atoms with van der Waals surface area (Å²) in [4.78, 5) is 18.2. The summed E-state index contributed by atoms with van der Waals surface area (Å²) in [7, 11) is -1.90. The summed E-state index contributed by atoms with van der Waals surface area (Å²) in [5.74, 6) is 0.496. The van der Waals surface area contributed by atoms with Crippen molar-refractivity contribution in [1.82, 2.24) is 9.88 Å². The molecule has 0 atom stereocenters. The molecule has 1 aromatic carbocycles. The molecule has 138 valence electrons. The lowest BCUT2D eigenvalue weighted by atomic mass is 10.1. The van der Waals surface area contributed by atoms with Crippen molar-refractivity contribution >= 4 is 21.6 Å². The number of carbonyl (C=O) groups is 1. The van der Waals surface area contributed by atoms with Gasteiger partial charge >= 0.3 is 0 Å². The highest BCUT2D eigenvalue weighted by Crippen LogP contribution is 2.25. The van der Waals surface area contributed by atoms with E-state index in [1.165, 1.54) is 50.2 Å². The fraction of sp³-hybridized carbons (Fsp3) is 0.368. The Morgan fingerprint density at radius 2 is 1.73 bits per heavy atom. The van der Waals surface area contributed by atoms with Gasteiger partial charge in [0.15, 0.2) is 0 Å². The number of sulfonamides is 1. The van der Waals surface area contributed by atoms with Crippen molar-refractivity contribution in [2.24, 2.45) is 5.92 Å². The largest absolute Gasteiger partial charge is 0.341 e. The normalized spacial score (nSPS) is 15.0. The number of hydrogen-bond donors (Lipinski definition) is 1. The van der Waals surface area contributed by atoms with Gasteiger partial charge < -0.3 is 4.90 Å². The number of carbonyl (C=O) groups excluding carboxylic acids is 1. The first-order chi connectivity index (χ1) is 12.5. The van der Waals surface area contributed by atoms with Gasteiger partial charge in [-0.2, -0.15) is 0 Å². The second-order valence-electron chi connectivity index (χ2n) is 6.70. The molecule has 0 saturated heterocycles. The van der Waals surface area contributed by atoms with E-state index in [1.54, 1.807) is 36.2 Å². The predicted molar refractivity (Wildman–Crippen MR) is 100 cm³/mol. The van der Waals surface area contributed by atoms with E-state index in [0.717, 1.165) is 6.54 Å². The van der Waals surface area contributed by atoms with Crippen molar-refractivity contribution in [1.29, 1.82) is 0 Å². The minimum absolute atomic E-state index is 0.0806. The average molecular weight is 373 g/mol. The van der Waals surface area contributed by atoms with Crippen LogP contribution in [0.25, 0.3) is 0 Å². The van der Waals surface area contributed by atoms with Gasteiger partial charge in [-0.15, -0.1) is 0 Å². The monoisotopic (exact) mass is 373 g/mol. The number of pyridine rings is 1. The molecule has 0 unspecified atom stereocenters. The van der Waals surface area contributed by atoms with Gasteiger partial charge in [-0.05, 0) is 55.2 Å². The van der Waals surface area contributed by atoms with Gasteiger partial charge in [-0.25, -0.2) is 8.42 Å². The van der Waals surface area contributed by atoms with E-state index in [1.807, 2.05) is 0 Å². The molecule has 1 amide bonds. The van der Waals surface area contributed by atoms with Crippen LogP contribution in [0.15, 0.2) is 53.7 Å². The summed E-state index contributed by atoms with van der Waals surface area (Å²) in [6.07, 6.45) is 7.86. The number of aromatic nitrogens is 1. The summed E-state index contributed by atoms with van der Waals surface area (Å²) in [6, 6.07) is 9.20. The van der Waals surface area contributed by atoms with Crippen LogP contribution in [0.5, 0.6) is 0 Å². The number of hydrogen-bond acceptors (Lipinski definition) is 4. The first-order valence-electron chi connectivity index (χ1n) is 8.74. The second-order valence-corrected chi connectivity index (χ2v) is 8.38. The lowest BCUT2D eigenvalue weighted by molar-refractivity contribution is 0.0773. The molecule has 0 aliphatic heterocycles. The van der Waals surface area contributed by atoms with Crippen LogP contribution in [-0.2, 0) is 10.0 Å². The zero-order chi connectivity index (χ0) is 18.6. The Morgan fingerprint density at radius 3 is 2.35 bits per heavy atom. The van der Waals surface area contributed by atoms with Crippen LogP contribution in [0, 0.1) is 5.92 Å². The first kappa shape index (κ1) is 18.4. The summed E-state index contributed by atoms with van der Waals surface area (Å²) in [6.45, 7) is 0.752. The van der Waals surface area contributed by atoms with Crippen LogP contribution in [0.1, 0.15) is 36.0 Å². The van der Waals surface area contributed by atoms with Gasteiger partial charge in [0.05, 0.1) is 10.6 Å². The van der Waals surface area contributed by atoms with Gasteiger partial charge in [0.2, 0.25) is 0 Å². The molecule has 3 rings (SSSR count). The van der Waals surface area contributed by atoms with Gasteiger partial charge in [0.1, 0.15) is 0 Å². The SMILES string of the molecule is CN(CC1CCCC1)C(=O)c1ccc(S(=O)(=O)Nc2ccncc2)cc1. The minimum Gasteiger partial charge on any atom is -0.341 e. The molecule has 1 aliphatic rings. The Labute approximate surface area is 154 Å². The predicted octanol–water partition coefficient (Wildman–Crippen LogP) is 3.14. The highest BCUT2D eigenvalue weighted by molar-refractivity contribution is 7.92. The van der Waals surface area contributed by atoms with Crippen molar-refractivity contribution in [3.8, 4) is 0 Å². The molecule has 2 aromatic rings. The zero-order valence-corrected chi connectivity index (χ0v) is 15.6. The van der Waals surface area contributed by atoms with Gasteiger partial charge in [-0.3, -0.25) is 14.5 Å². The highest BCUT2D eigenvalue weighted by Gasteiger charge is 2.21. The fourth-order valence-electron chi connectivity index (χ4n) is 3.29. The second kappa shape index (κ2) is 7.86. The summed E-state index contributed by atoms with van der Waals surface area (Å²) >= 11 is 0. The molecule has 26 heavy (non-hydrogen) atoms. The number of anilines is 1. The Balaban J connectivity index is 1.68. The molecule has 1 aliphatic carbocycles. The van der Waals surface area contributed by atoms with Crippen molar-refractivity contribution in [3.63, 3.8) is 0 Å². The van der Waals surface area contributed by atoms with Crippen molar-refractivity contribution in [3.05, 3.63) is 54.4 Å². The first-order valence-corrected chi connectivity index (χ1v) is 10.2. The minimum atomic E-state index is -3.70. The van der Waals surface area contributed by atoms with Crippen LogP contribution in [0.4, 0.5) is 5.69 Å².